The molecule has 1 fully saturated rings. The van der Waals surface area contributed by atoms with Crippen LogP contribution in [0.15, 0.2) is 0 Å². The molecule has 14 heavy (non-hydrogen) atoms. The summed E-state index contributed by atoms with van der Waals surface area (Å²) in [6.07, 6.45) is 4.17. The van der Waals surface area contributed by atoms with Crippen LogP contribution in [0.4, 0.5) is 0 Å². The van der Waals surface area contributed by atoms with Crippen LogP contribution in [0.2, 0.25) is 0 Å². The summed E-state index contributed by atoms with van der Waals surface area (Å²) in [5.41, 5.74) is 0. The largest absolute Gasteiger partial charge is 0.481 e. The van der Waals surface area contributed by atoms with Crippen molar-refractivity contribution in [1.82, 2.24) is 0 Å². The average molecular weight is 198 g/mol. The predicted molar refractivity (Wildman–Crippen MR) is 57.1 cm³/mol. The van der Waals surface area contributed by atoms with Crippen molar-refractivity contribution in [2.45, 2.75) is 46.5 Å². The van der Waals surface area contributed by atoms with Crippen LogP contribution in [-0.4, -0.2) is 11.1 Å². The monoisotopic (exact) mass is 198 g/mol. The molecule has 2 nitrogen and oxygen atoms in total. The molecule has 0 aromatic carbocycles. The molecule has 0 spiro atoms. The molecule has 1 aliphatic rings. The van der Waals surface area contributed by atoms with E-state index in [1.54, 1.807) is 0 Å². The first-order chi connectivity index (χ1) is 6.50. The summed E-state index contributed by atoms with van der Waals surface area (Å²) in [7, 11) is 0. The smallest absolute Gasteiger partial charge is 0.306 e. The zero-order chi connectivity index (χ0) is 10.7. The van der Waals surface area contributed by atoms with Gasteiger partial charge in [0, 0.05) is 0 Å². The molecule has 3 atom stereocenters. The fourth-order valence-corrected chi connectivity index (χ4v) is 2.49. The topological polar surface area (TPSA) is 37.3 Å². The molecule has 0 saturated heterocycles. The molecule has 1 saturated carbocycles. The summed E-state index contributed by atoms with van der Waals surface area (Å²) in [5, 5.41) is 9.08. The lowest BCUT2D eigenvalue weighted by Gasteiger charge is -2.20. The molecule has 0 aromatic heterocycles. The van der Waals surface area contributed by atoms with Gasteiger partial charge in [0.15, 0.2) is 0 Å². The van der Waals surface area contributed by atoms with Crippen LogP contribution in [0.25, 0.3) is 0 Å². The van der Waals surface area contributed by atoms with Crippen molar-refractivity contribution < 1.29 is 9.90 Å². The lowest BCUT2D eigenvalue weighted by atomic mass is 9.85. The summed E-state index contributed by atoms with van der Waals surface area (Å²) >= 11 is 0. The highest BCUT2D eigenvalue weighted by Gasteiger charge is 2.29. The Kier molecular flexibility index (Phi) is 3.97. The van der Waals surface area contributed by atoms with Crippen LogP contribution in [0.5, 0.6) is 0 Å². The van der Waals surface area contributed by atoms with Gasteiger partial charge in [-0.1, -0.05) is 27.2 Å². The first kappa shape index (κ1) is 11.5. The van der Waals surface area contributed by atoms with E-state index in [1.807, 2.05) is 0 Å². The molecule has 1 N–H and O–H groups in total. The molecule has 0 bridgehead atoms. The molecule has 0 radical (unpaired) electrons. The zero-order valence-electron chi connectivity index (χ0n) is 9.49. The quantitative estimate of drug-likeness (QED) is 0.692. The Hall–Kier alpha value is -0.530. The van der Waals surface area contributed by atoms with Gasteiger partial charge in [0.2, 0.25) is 0 Å². The standard InChI is InChI=1S/C12H22O2/c1-8(2)10-5-4-9(3)6-11(7-10)12(13)14/h8-11H,4-7H2,1-3H3,(H,13,14). The highest BCUT2D eigenvalue weighted by atomic mass is 16.4. The number of carbonyl (C=O) groups is 1. The third kappa shape index (κ3) is 3.00. The summed E-state index contributed by atoms with van der Waals surface area (Å²) in [5.74, 6) is 1.13. The van der Waals surface area contributed by atoms with Gasteiger partial charge < -0.3 is 5.11 Å². The van der Waals surface area contributed by atoms with Crippen LogP contribution in [0, 0.1) is 23.7 Å². The molecule has 2 heteroatoms. The van der Waals surface area contributed by atoms with E-state index in [0.29, 0.717) is 17.8 Å². The van der Waals surface area contributed by atoms with Gasteiger partial charge in [0.25, 0.3) is 0 Å². The van der Waals surface area contributed by atoms with Gasteiger partial charge in [0.05, 0.1) is 5.92 Å². The minimum atomic E-state index is -0.593. The van der Waals surface area contributed by atoms with Crippen molar-refractivity contribution in [2.75, 3.05) is 0 Å². The Morgan fingerprint density at radius 3 is 2.43 bits per heavy atom. The number of carboxylic acid groups (broad SMARTS) is 1. The second kappa shape index (κ2) is 4.81. The van der Waals surface area contributed by atoms with Gasteiger partial charge >= 0.3 is 5.97 Å². The van der Waals surface area contributed by atoms with E-state index in [-0.39, 0.29) is 5.92 Å². The van der Waals surface area contributed by atoms with E-state index in [1.165, 1.54) is 12.8 Å². The van der Waals surface area contributed by atoms with Crippen molar-refractivity contribution >= 4 is 5.97 Å². The second-order valence-electron chi connectivity index (χ2n) is 5.19. The van der Waals surface area contributed by atoms with E-state index in [4.69, 9.17) is 5.11 Å². The van der Waals surface area contributed by atoms with Crippen LogP contribution in [0.3, 0.4) is 0 Å². The van der Waals surface area contributed by atoms with Crippen LogP contribution in [-0.2, 0) is 4.79 Å². The maximum Gasteiger partial charge on any atom is 0.306 e. The second-order valence-corrected chi connectivity index (χ2v) is 5.19. The highest BCUT2D eigenvalue weighted by Crippen LogP contribution is 2.34. The van der Waals surface area contributed by atoms with Crippen molar-refractivity contribution in [3.8, 4) is 0 Å². The van der Waals surface area contributed by atoms with E-state index >= 15 is 0 Å². The number of carboxylic acids is 1. The van der Waals surface area contributed by atoms with Crippen molar-refractivity contribution in [1.29, 1.82) is 0 Å². The number of rotatable bonds is 2. The Morgan fingerprint density at radius 2 is 1.93 bits per heavy atom. The molecular weight excluding hydrogens is 176 g/mol. The van der Waals surface area contributed by atoms with Crippen molar-refractivity contribution in [3.63, 3.8) is 0 Å². The summed E-state index contributed by atoms with van der Waals surface area (Å²) < 4.78 is 0. The molecule has 3 unspecified atom stereocenters. The van der Waals surface area contributed by atoms with Gasteiger partial charge in [-0.15, -0.1) is 0 Å². The Bertz CT molecular complexity index is 198. The predicted octanol–water partition coefficient (Wildman–Crippen LogP) is 3.17. The number of hydrogen-bond donors (Lipinski definition) is 1. The van der Waals surface area contributed by atoms with E-state index in [2.05, 4.69) is 20.8 Å². The zero-order valence-corrected chi connectivity index (χ0v) is 9.49. The molecule has 82 valence electrons. The molecule has 0 aliphatic heterocycles. The fourth-order valence-electron chi connectivity index (χ4n) is 2.49. The number of hydrogen-bond acceptors (Lipinski definition) is 1. The lowest BCUT2D eigenvalue weighted by Crippen LogP contribution is -2.19. The number of aliphatic carboxylic acids is 1. The summed E-state index contributed by atoms with van der Waals surface area (Å²) in [6.45, 7) is 6.60. The molecule has 0 heterocycles. The van der Waals surface area contributed by atoms with Crippen LogP contribution in [0.1, 0.15) is 46.5 Å². The van der Waals surface area contributed by atoms with Crippen LogP contribution >= 0.6 is 0 Å². The van der Waals surface area contributed by atoms with Gasteiger partial charge in [-0.3, -0.25) is 4.79 Å². The van der Waals surface area contributed by atoms with Crippen molar-refractivity contribution in [3.05, 3.63) is 0 Å². The first-order valence-electron chi connectivity index (χ1n) is 5.73. The van der Waals surface area contributed by atoms with Gasteiger partial charge in [-0.05, 0) is 37.0 Å². The Labute approximate surface area is 86.7 Å². The first-order valence-corrected chi connectivity index (χ1v) is 5.73. The maximum atomic E-state index is 11.0. The van der Waals surface area contributed by atoms with Crippen LogP contribution < -0.4 is 0 Å². The minimum Gasteiger partial charge on any atom is -0.481 e. The van der Waals surface area contributed by atoms with E-state index < -0.39 is 5.97 Å². The SMILES string of the molecule is CC1CCC(C(C)C)CC(C(=O)O)C1. The summed E-state index contributed by atoms with van der Waals surface area (Å²) in [6, 6.07) is 0. The van der Waals surface area contributed by atoms with Gasteiger partial charge in [-0.25, -0.2) is 0 Å². The normalized spacial score (nSPS) is 34.1. The minimum absolute atomic E-state index is 0.0973. The molecule has 0 aromatic rings. The Balaban J connectivity index is 2.63. The fraction of sp³-hybridized carbons (Fsp3) is 0.917. The summed E-state index contributed by atoms with van der Waals surface area (Å²) in [4.78, 5) is 11.0. The molecule has 0 amide bonds. The average Bonchev–Trinajstić information content (AvgIpc) is 2.26. The molecular formula is C12H22O2. The van der Waals surface area contributed by atoms with Gasteiger partial charge in [-0.2, -0.15) is 0 Å². The van der Waals surface area contributed by atoms with E-state index in [9.17, 15) is 4.79 Å². The van der Waals surface area contributed by atoms with E-state index in [0.717, 1.165) is 12.8 Å². The third-order valence-corrected chi connectivity index (χ3v) is 3.60. The third-order valence-electron chi connectivity index (χ3n) is 3.60. The highest BCUT2D eigenvalue weighted by molar-refractivity contribution is 5.70. The lowest BCUT2D eigenvalue weighted by molar-refractivity contribution is -0.142. The molecule has 1 aliphatic carbocycles. The van der Waals surface area contributed by atoms with Gasteiger partial charge in [0.1, 0.15) is 0 Å². The Morgan fingerprint density at radius 1 is 1.29 bits per heavy atom. The maximum absolute atomic E-state index is 11.0. The van der Waals surface area contributed by atoms with Crippen molar-refractivity contribution in [2.24, 2.45) is 23.7 Å². The molecule has 1 rings (SSSR count).